The molecular formula is C15H14N2O3S. The molecule has 1 fully saturated rings. The summed E-state index contributed by atoms with van der Waals surface area (Å²) in [4.78, 5) is 25.0. The van der Waals surface area contributed by atoms with Crippen LogP contribution in [0.2, 0.25) is 0 Å². The van der Waals surface area contributed by atoms with E-state index in [9.17, 15) is 20.1 Å². The molecule has 0 unspecified atom stereocenters. The van der Waals surface area contributed by atoms with E-state index in [-0.39, 0.29) is 22.8 Å². The zero-order chi connectivity index (χ0) is 15.6. The van der Waals surface area contributed by atoms with Crippen molar-refractivity contribution in [1.82, 2.24) is 0 Å². The van der Waals surface area contributed by atoms with Crippen molar-refractivity contribution in [1.29, 1.82) is 10.5 Å². The number of methoxy groups -OCH3 is 1. The number of nitrogens with zero attached hydrogens (tertiary/aromatic N) is 2. The Hall–Kier alpha value is -2.05. The van der Waals surface area contributed by atoms with E-state index in [1.807, 2.05) is 12.1 Å². The van der Waals surface area contributed by atoms with Gasteiger partial charge in [-0.25, -0.2) is 4.79 Å². The number of allylic oxidation sites excluding steroid dienone is 3. The lowest BCUT2D eigenvalue weighted by atomic mass is 9.67. The summed E-state index contributed by atoms with van der Waals surface area (Å²) in [6.45, 7) is 0. The zero-order valence-electron chi connectivity index (χ0n) is 11.8. The molecule has 6 heteroatoms. The second kappa shape index (κ2) is 6.15. The number of carbonyl (C=O) groups is 2. The highest BCUT2D eigenvalue weighted by atomic mass is 32.2. The van der Waals surface area contributed by atoms with Crippen LogP contribution in [0, 0.1) is 34.5 Å². The summed E-state index contributed by atoms with van der Waals surface area (Å²) in [5, 5.41) is 18.5. The van der Waals surface area contributed by atoms with Crippen molar-refractivity contribution < 1.29 is 14.3 Å². The second-order valence-corrected chi connectivity index (χ2v) is 5.74. The van der Waals surface area contributed by atoms with E-state index < -0.39 is 11.9 Å². The zero-order valence-corrected chi connectivity index (χ0v) is 12.6. The van der Waals surface area contributed by atoms with Crippen LogP contribution in [0.25, 0.3) is 0 Å². The van der Waals surface area contributed by atoms with E-state index in [0.717, 1.165) is 12.8 Å². The van der Waals surface area contributed by atoms with Crippen LogP contribution < -0.4 is 0 Å². The molecule has 108 valence electrons. The lowest BCUT2D eigenvalue weighted by molar-refractivity contribution is -0.135. The number of nitriles is 2. The van der Waals surface area contributed by atoms with Gasteiger partial charge in [-0.2, -0.15) is 10.5 Å². The van der Waals surface area contributed by atoms with Gasteiger partial charge in [0, 0.05) is 16.7 Å². The number of Topliss-reactive ketones (excluding diaryl/α,β-unsaturated/α-hetero) is 1. The van der Waals surface area contributed by atoms with Gasteiger partial charge in [-0.1, -0.05) is 6.42 Å². The van der Waals surface area contributed by atoms with Crippen molar-refractivity contribution >= 4 is 23.5 Å². The van der Waals surface area contributed by atoms with Crippen LogP contribution in [0.3, 0.4) is 0 Å². The Morgan fingerprint density at radius 3 is 2.52 bits per heavy atom. The van der Waals surface area contributed by atoms with Gasteiger partial charge in [0.25, 0.3) is 0 Å². The van der Waals surface area contributed by atoms with Crippen LogP contribution in [0.15, 0.2) is 21.6 Å². The second-order valence-electron chi connectivity index (χ2n) is 4.89. The Kier molecular flexibility index (Phi) is 4.50. The summed E-state index contributed by atoms with van der Waals surface area (Å²) in [7, 11) is 1.21. The lowest BCUT2D eigenvalue weighted by Gasteiger charge is -2.37. The van der Waals surface area contributed by atoms with Gasteiger partial charge < -0.3 is 4.74 Å². The standard InChI is InChI=1S/C15H14N2O3S/c1-20-15(19)10(6-16)12-8-4-3-5-9(12)14(21-2)11(7-17)13(8)18/h8-9H,3-5H2,1-2H3/b12-10+/t8-,9+/m0/s1. The number of hydrogen-bond donors (Lipinski definition) is 0. The molecule has 0 radical (unpaired) electrons. The fourth-order valence-corrected chi connectivity index (χ4v) is 4.01. The van der Waals surface area contributed by atoms with Crippen molar-refractivity contribution in [3.8, 4) is 12.1 Å². The van der Waals surface area contributed by atoms with Crippen molar-refractivity contribution in [2.45, 2.75) is 19.3 Å². The van der Waals surface area contributed by atoms with Crippen LogP contribution in [0.1, 0.15) is 19.3 Å². The van der Waals surface area contributed by atoms with Gasteiger partial charge in [0.15, 0.2) is 5.78 Å². The number of hydrogen-bond acceptors (Lipinski definition) is 6. The minimum absolute atomic E-state index is 0.0795. The third kappa shape index (κ3) is 2.36. The van der Waals surface area contributed by atoms with E-state index in [0.29, 0.717) is 16.9 Å². The average Bonchev–Trinajstić information content (AvgIpc) is 2.51. The fraction of sp³-hybridized carbons (Fsp3) is 0.467. The Morgan fingerprint density at radius 1 is 1.33 bits per heavy atom. The Labute approximate surface area is 127 Å². The molecule has 0 aliphatic heterocycles. The van der Waals surface area contributed by atoms with Gasteiger partial charge in [0.1, 0.15) is 23.3 Å². The molecule has 0 saturated heterocycles. The van der Waals surface area contributed by atoms with E-state index in [4.69, 9.17) is 0 Å². The number of fused-ring (bicyclic) bond motifs is 2. The maximum Gasteiger partial charge on any atom is 0.348 e. The van der Waals surface area contributed by atoms with Crippen molar-refractivity contribution in [3.05, 3.63) is 21.6 Å². The summed E-state index contributed by atoms with van der Waals surface area (Å²) in [5.74, 6) is -1.72. The van der Waals surface area contributed by atoms with E-state index in [1.54, 1.807) is 6.26 Å². The molecule has 21 heavy (non-hydrogen) atoms. The van der Waals surface area contributed by atoms with Crippen molar-refractivity contribution in [2.75, 3.05) is 13.4 Å². The smallest absolute Gasteiger partial charge is 0.348 e. The lowest BCUT2D eigenvalue weighted by Crippen LogP contribution is -2.35. The summed E-state index contributed by atoms with van der Waals surface area (Å²) in [5.41, 5.74) is 0.649. The minimum Gasteiger partial charge on any atom is -0.465 e. The third-order valence-corrected chi connectivity index (χ3v) is 4.91. The molecule has 0 aromatic rings. The Morgan fingerprint density at radius 2 is 2.00 bits per heavy atom. The molecule has 2 aliphatic carbocycles. The molecule has 0 N–H and O–H groups in total. The van der Waals surface area contributed by atoms with Gasteiger partial charge in [-0.3, -0.25) is 4.79 Å². The van der Waals surface area contributed by atoms with Crippen LogP contribution in [-0.4, -0.2) is 25.1 Å². The first-order valence-corrected chi connectivity index (χ1v) is 7.78. The summed E-state index contributed by atoms with van der Waals surface area (Å²) < 4.78 is 4.66. The highest BCUT2D eigenvalue weighted by molar-refractivity contribution is 8.02. The summed E-state index contributed by atoms with van der Waals surface area (Å²) in [6.07, 6.45) is 3.95. The first kappa shape index (κ1) is 15.3. The number of carbonyl (C=O) groups excluding carboxylic acids is 2. The van der Waals surface area contributed by atoms with Crippen molar-refractivity contribution in [2.24, 2.45) is 11.8 Å². The van der Waals surface area contributed by atoms with Crippen LogP contribution in [0.5, 0.6) is 0 Å². The highest BCUT2D eigenvalue weighted by Crippen LogP contribution is 2.49. The first-order valence-electron chi connectivity index (χ1n) is 6.55. The molecule has 2 aliphatic rings. The number of rotatable bonds is 2. The summed E-state index contributed by atoms with van der Waals surface area (Å²) in [6, 6.07) is 3.88. The molecular weight excluding hydrogens is 288 g/mol. The Bertz CT molecular complexity index is 649. The number of thioether (sulfide) groups is 1. The molecule has 0 aromatic heterocycles. The maximum absolute atomic E-state index is 12.5. The molecule has 2 rings (SSSR count). The SMILES string of the molecule is COC(=O)/C(C#N)=C1\[C@@H]2CCC[C@H]1C(SC)=C(C#N)C2=O. The van der Waals surface area contributed by atoms with Gasteiger partial charge in [-0.05, 0) is 24.7 Å². The van der Waals surface area contributed by atoms with Crippen molar-refractivity contribution in [3.63, 3.8) is 0 Å². The topological polar surface area (TPSA) is 90.9 Å². The predicted molar refractivity (Wildman–Crippen MR) is 76.6 cm³/mol. The molecule has 0 spiro atoms. The minimum atomic E-state index is -0.710. The average molecular weight is 302 g/mol. The van der Waals surface area contributed by atoms with E-state index >= 15 is 0 Å². The van der Waals surface area contributed by atoms with Gasteiger partial charge in [0.2, 0.25) is 0 Å². The molecule has 0 aromatic carbocycles. The number of esters is 1. The molecule has 1 saturated carbocycles. The fourth-order valence-electron chi connectivity index (χ4n) is 3.13. The monoisotopic (exact) mass is 302 g/mol. The number of ketones is 1. The molecule has 0 heterocycles. The Balaban J connectivity index is 2.72. The van der Waals surface area contributed by atoms with Gasteiger partial charge in [-0.15, -0.1) is 11.8 Å². The molecule has 5 nitrogen and oxygen atoms in total. The van der Waals surface area contributed by atoms with Crippen LogP contribution >= 0.6 is 11.8 Å². The van der Waals surface area contributed by atoms with Crippen LogP contribution in [0.4, 0.5) is 0 Å². The van der Waals surface area contributed by atoms with Crippen LogP contribution in [-0.2, 0) is 14.3 Å². The maximum atomic E-state index is 12.5. The molecule has 2 atom stereocenters. The van der Waals surface area contributed by atoms with E-state index in [1.165, 1.54) is 18.9 Å². The predicted octanol–water partition coefficient (Wildman–Crippen LogP) is 2.12. The largest absolute Gasteiger partial charge is 0.465 e. The highest BCUT2D eigenvalue weighted by Gasteiger charge is 2.44. The van der Waals surface area contributed by atoms with E-state index in [2.05, 4.69) is 4.74 Å². The normalized spacial score (nSPS) is 26.8. The van der Waals surface area contributed by atoms with Gasteiger partial charge >= 0.3 is 5.97 Å². The van der Waals surface area contributed by atoms with Gasteiger partial charge in [0.05, 0.1) is 7.11 Å². The first-order chi connectivity index (χ1) is 10.1. The third-order valence-electron chi connectivity index (χ3n) is 3.98. The number of ether oxygens (including phenoxy) is 1. The summed E-state index contributed by atoms with van der Waals surface area (Å²) >= 11 is 1.34. The molecule has 2 bridgehead atoms. The molecule has 0 amide bonds. The quantitative estimate of drug-likeness (QED) is 0.441.